The average Bonchev–Trinajstić information content (AvgIpc) is 3.08. The van der Waals surface area contributed by atoms with E-state index in [-0.39, 0.29) is 24.9 Å². The van der Waals surface area contributed by atoms with E-state index in [0.29, 0.717) is 11.7 Å². The van der Waals surface area contributed by atoms with Crippen molar-refractivity contribution in [1.29, 1.82) is 0 Å². The van der Waals surface area contributed by atoms with Crippen molar-refractivity contribution in [2.45, 2.75) is 70.3 Å². The van der Waals surface area contributed by atoms with Crippen molar-refractivity contribution in [3.05, 3.63) is 11.7 Å². The highest BCUT2D eigenvalue weighted by atomic mass is 16.5. The third-order valence-electron chi connectivity index (χ3n) is 4.78. The van der Waals surface area contributed by atoms with Crippen molar-refractivity contribution < 1.29 is 19.2 Å². The molecule has 25 heavy (non-hydrogen) atoms. The largest absolute Gasteiger partial charge is 0.481 e. The van der Waals surface area contributed by atoms with Gasteiger partial charge in [-0.2, -0.15) is 4.98 Å². The highest BCUT2D eigenvalue weighted by molar-refractivity contribution is 5.73. The molecule has 1 atom stereocenters. The third kappa shape index (κ3) is 6.72. The second-order valence-electron chi connectivity index (χ2n) is 6.71. The van der Waals surface area contributed by atoms with Gasteiger partial charge in [-0.25, -0.2) is 4.79 Å². The summed E-state index contributed by atoms with van der Waals surface area (Å²) in [7, 11) is 1.52. The number of nitrogens with one attached hydrogen (secondary N) is 2. The third-order valence-corrected chi connectivity index (χ3v) is 4.78. The molecule has 1 aliphatic rings. The van der Waals surface area contributed by atoms with Gasteiger partial charge < -0.3 is 20.3 Å². The molecule has 1 aliphatic carbocycles. The highest BCUT2D eigenvalue weighted by Crippen LogP contribution is 2.31. The van der Waals surface area contributed by atoms with Crippen LogP contribution in [-0.4, -0.2) is 34.3 Å². The lowest BCUT2D eigenvalue weighted by Gasteiger charge is -2.21. The summed E-state index contributed by atoms with van der Waals surface area (Å²) >= 11 is 0. The fourth-order valence-electron chi connectivity index (χ4n) is 3.41. The summed E-state index contributed by atoms with van der Waals surface area (Å²) < 4.78 is 5.24. The van der Waals surface area contributed by atoms with Gasteiger partial charge in [-0.05, 0) is 12.3 Å². The number of hydrogen-bond acceptors (Lipinski definition) is 5. The maximum atomic E-state index is 11.2. The number of carboxylic acid groups (broad SMARTS) is 1. The van der Waals surface area contributed by atoms with E-state index in [1.165, 1.54) is 39.2 Å². The molecule has 2 rings (SSSR count). The Balaban J connectivity index is 1.86. The van der Waals surface area contributed by atoms with Crippen LogP contribution in [0.1, 0.15) is 75.4 Å². The molecule has 0 unspecified atom stereocenters. The Kier molecular flexibility index (Phi) is 7.69. The summed E-state index contributed by atoms with van der Waals surface area (Å²) in [4.78, 5) is 26.6. The van der Waals surface area contributed by atoms with Crippen LogP contribution in [0.4, 0.5) is 4.79 Å². The minimum Gasteiger partial charge on any atom is -0.481 e. The summed E-state index contributed by atoms with van der Waals surface area (Å²) in [6, 6.07) is -0.332. The van der Waals surface area contributed by atoms with E-state index in [1.54, 1.807) is 0 Å². The Labute approximate surface area is 147 Å². The molecule has 0 aromatic carbocycles. The first-order valence-corrected chi connectivity index (χ1v) is 9.08. The molecule has 1 aromatic heterocycles. The molecule has 1 fully saturated rings. The SMILES string of the molecule is CNC(=O)NCc1noc([C@H](CCCC2CCCCC2)CC(=O)O)n1. The summed E-state index contributed by atoms with van der Waals surface area (Å²) in [6.07, 6.45) is 9.36. The molecular weight excluding hydrogens is 324 g/mol. The van der Waals surface area contributed by atoms with Crippen LogP contribution < -0.4 is 10.6 Å². The van der Waals surface area contributed by atoms with Crippen molar-refractivity contribution in [2.24, 2.45) is 5.92 Å². The number of aromatic nitrogens is 2. The molecule has 140 valence electrons. The number of aliphatic carboxylic acids is 1. The van der Waals surface area contributed by atoms with E-state index >= 15 is 0 Å². The summed E-state index contributed by atoms with van der Waals surface area (Å²) in [5.74, 6) is 0.323. The Bertz CT molecular complexity index is 555. The summed E-state index contributed by atoms with van der Waals surface area (Å²) in [6.45, 7) is 0.144. The fraction of sp³-hybridized carbons (Fsp3) is 0.765. The van der Waals surface area contributed by atoms with Gasteiger partial charge in [0.05, 0.1) is 13.0 Å². The second-order valence-corrected chi connectivity index (χ2v) is 6.71. The molecule has 1 saturated carbocycles. The van der Waals surface area contributed by atoms with Crippen molar-refractivity contribution in [3.8, 4) is 0 Å². The lowest BCUT2D eigenvalue weighted by molar-refractivity contribution is -0.137. The predicted molar refractivity (Wildman–Crippen MR) is 91.0 cm³/mol. The first-order chi connectivity index (χ1) is 12.1. The fourth-order valence-corrected chi connectivity index (χ4v) is 3.41. The van der Waals surface area contributed by atoms with E-state index in [2.05, 4.69) is 20.8 Å². The smallest absolute Gasteiger partial charge is 0.314 e. The van der Waals surface area contributed by atoms with Gasteiger partial charge in [0, 0.05) is 13.0 Å². The molecule has 8 heteroatoms. The van der Waals surface area contributed by atoms with Gasteiger partial charge >= 0.3 is 12.0 Å². The number of urea groups is 1. The van der Waals surface area contributed by atoms with E-state index in [0.717, 1.165) is 25.2 Å². The molecule has 2 amide bonds. The van der Waals surface area contributed by atoms with Crippen LogP contribution in [0.25, 0.3) is 0 Å². The van der Waals surface area contributed by atoms with E-state index in [4.69, 9.17) is 9.63 Å². The van der Waals surface area contributed by atoms with Gasteiger partial charge in [-0.15, -0.1) is 0 Å². The highest BCUT2D eigenvalue weighted by Gasteiger charge is 2.23. The van der Waals surface area contributed by atoms with Crippen LogP contribution in [0, 0.1) is 5.92 Å². The molecule has 1 aromatic rings. The monoisotopic (exact) mass is 352 g/mol. The van der Waals surface area contributed by atoms with Crippen molar-refractivity contribution >= 4 is 12.0 Å². The molecule has 1 heterocycles. The van der Waals surface area contributed by atoms with Crippen LogP contribution in [-0.2, 0) is 11.3 Å². The molecular formula is C17H28N4O4. The molecule has 8 nitrogen and oxygen atoms in total. The molecule has 0 aliphatic heterocycles. The lowest BCUT2D eigenvalue weighted by Crippen LogP contribution is -2.32. The van der Waals surface area contributed by atoms with Crippen LogP contribution in [0.2, 0.25) is 0 Å². The van der Waals surface area contributed by atoms with Gasteiger partial charge in [0.15, 0.2) is 5.82 Å². The van der Waals surface area contributed by atoms with Gasteiger partial charge in [0.25, 0.3) is 0 Å². The number of amides is 2. The Hall–Kier alpha value is -2.12. The maximum Gasteiger partial charge on any atom is 0.314 e. The van der Waals surface area contributed by atoms with Gasteiger partial charge in [0.2, 0.25) is 5.89 Å². The zero-order valence-corrected chi connectivity index (χ0v) is 14.8. The zero-order chi connectivity index (χ0) is 18.1. The minimum atomic E-state index is -0.870. The second kappa shape index (κ2) is 10.0. The standard InChI is InChI=1S/C17H28N4O4/c1-18-17(24)19-11-14-20-16(25-21-14)13(10-15(22)23)9-5-8-12-6-3-2-4-7-12/h12-13H,2-11H2,1H3,(H,22,23)(H2,18,19,24)/t13-/m1/s1. The Morgan fingerprint density at radius 3 is 2.76 bits per heavy atom. The number of carbonyl (C=O) groups excluding carboxylic acids is 1. The van der Waals surface area contributed by atoms with Gasteiger partial charge in [0.1, 0.15) is 0 Å². The van der Waals surface area contributed by atoms with E-state index in [1.807, 2.05) is 0 Å². The number of hydrogen-bond donors (Lipinski definition) is 3. The zero-order valence-electron chi connectivity index (χ0n) is 14.8. The summed E-state index contributed by atoms with van der Waals surface area (Å²) in [5.41, 5.74) is 0. The van der Waals surface area contributed by atoms with Gasteiger partial charge in [-0.3, -0.25) is 4.79 Å². The topological polar surface area (TPSA) is 117 Å². The minimum absolute atomic E-state index is 0.0187. The molecule has 3 N–H and O–H groups in total. The van der Waals surface area contributed by atoms with Crippen molar-refractivity contribution in [3.63, 3.8) is 0 Å². The van der Waals surface area contributed by atoms with E-state index in [9.17, 15) is 9.59 Å². The predicted octanol–water partition coefficient (Wildman–Crippen LogP) is 2.81. The first-order valence-electron chi connectivity index (χ1n) is 9.08. The Morgan fingerprint density at radius 1 is 1.32 bits per heavy atom. The normalized spacial score (nSPS) is 16.4. The van der Waals surface area contributed by atoms with Crippen molar-refractivity contribution in [1.82, 2.24) is 20.8 Å². The first kappa shape index (κ1) is 19.2. The average molecular weight is 352 g/mol. The molecule has 0 spiro atoms. The number of rotatable bonds is 9. The van der Waals surface area contributed by atoms with Crippen LogP contribution in [0.5, 0.6) is 0 Å². The number of carboxylic acids is 1. The molecule has 0 saturated heterocycles. The van der Waals surface area contributed by atoms with Crippen molar-refractivity contribution in [2.75, 3.05) is 7.05 Å². The number of carbonyl (C=O) groups is 2. The number of nitrogens with zero attached hydrogens (tertiary/aromatic N) is 2. The van der Waals surface area contributed by atoms with E-state index < -0.39 is 5.97 Å². The van der Waals surface area contributed by atoms with Crippen LogP contribution in [0.3, 0.4) is 0 Å². The summed E-state index contributed by atoms with van der Waals surface area (Å²) in [5, 5.41) is 18.0. The van der Waals surface area contributed by atoms with Crippen LogP contribution in [0.15, 0.2) is 4.52 Å². The maximum absolute atomic E-state index is 11.2. The molecule has 0 bridgehead atoms. The quantitative estimate of drug-likeness (QED) is 0.629. The Morgan fingerprint density at radius 2 is 2.08 bits per heavy atom. The van der Waals surface area contributed by atoms with Gasteiger partial charge in [-0.1, -0.05) is 50.1 Å². The lowest BCUT2D eigenvalue weighted by atomic mass is 9.84. The molecule has 0 radical (unpaired) electrons. The van der Waals surface area contributed by atoms with Crippen LogP contribution >= 0.6 is 0 Å².